The number of hydrogen-bond donors (Lipinski definition) is 1. The number of thiophene rings is 1. The Kier molecular flexibility index (Phi) is 5.78. The quantitative estimate of drug-likeness (QED) is 0.788. The van der Waals surface area contributed by atoms with Crippen LogP contribution in [0.25, 0.3) is 10.4 Å². The highest BCUT2D eigenvalue weighted by Crippen LogP contribution is 2.40. The minimum absolute atomic E-state index is 0.0318. The van der Waals surface area contributed by atoms with E-state index >= 15 is 0 Å². The number of carbonyl (C=O) groups excluding carboxylic acids is 2. The lowest BCUT2D eigenvalue weighted by molar-refractivity contribution is -0.119. The van der Waals surface area contributed by atoms with Crippen LogP contribution < -0.4 is 10.2 Å². The summed E-state index contributed by atoms with van der Waals surface area (Å²) < 4.78 is 5.05. The lowest BCUT2D eigenvalue weighted by atomic mass is 9.82. The molecule has 1 aromatic carbocycles. The van der Waals surface area contributed by atoms with E-state index in [-0.39, 0.29) is 17.9 Å². The van der Waals surface area contributed by atoms with E-state index in [4.69, 9.17) is 4.74 Å². The van der Waals surface area contributed by atoms with E-state index in [9.17, 15) is 9.59 Å². The van der Waals surface area contributed by atoms with Crippen molar-refractivity contribution in [1.82, 2.24) is 5.32 Å². The zero-order valence-corrected chi connectivity index (χ0v) is 17.0. The summed E-state index contributed by atoms with van der Waals surface area (Å²) in [7, 11) is 1.40. The summed E-state index contributed by atoms with van der Waals surface area (Å²) in [4.78, 5) is 28.9. The van der Waals surface area contributed by atoms with Gasteiger partial charge in [0.25, 0.3) is 0 Å². The van der Waals surface area contributed by atoms with Crippen LogP contribution in [0.1, 0.15) is 41.8 Å². The summed E-state index contributed by atoms with van der Waals surface area (Å²) in [5.41, 5.74) is 1.75. The molecule has 2 aromatic rings. The van der Waals surface area contributed by atoms with Crippen LogP contribution in [0.15, 0.2) is 36.4 Å². The maximum Gasteiger partial charge on any atom is 0.350 e. The number of amides is 1. The van der Waals surface area contributed by atoms with E-state index in [1.165, 1.54) is 37.7 Å². The van der Waals surface area contributed by atoms with Crippen molar-refractivity contribution in [2.45, 2.75) is 38.1 Å². The second-order valence-electron chi connectivity index (χ2n) is 7.54. The van der Waals surface area contributed by atoms with Crippen molar-refractivity contribution in [2.75, 3.05) is 25.1 Å². The van der Waals surface area contributed by atoms with Crippen LogP contribution in [-0.4, -0.2) is 38.1 Å². The molecule has 1 aromatic heterocycles. The number of piperazine rings is 1. The van der Waals surface area contributed by atoms with E-state index in [1.807, 2.05) is 41.3 Å². The van der Waals surface area contributed by atoms with E-state index in [0.717, 1.165) is 29.8 Å². The molecular weight excluding hydrogens is 372 g/mol. The van der Waals surface area contributed by atoms with Crippen molar-refractivity contribution < 1.29 is 14.3 Å². The summed E-state index contributed by atoms with van der Waals surface area (Å²) >= 11 is 1.40. The number of benzene rings is 1. The summed E-state index contributed by atoms with van der Waals surface area (Å²) in [6.07, 6.45) is 5.98. The van der Waals surface area contributed by atoms with Gasteiger partial charge in [-0.2, -0.15) is 0 Å². The molecule has 0 radical (unpaired) electrons. The zero-order valence-electron chi connectivity index (χ0n) is 16.1. The van der Waals surface area contributed by atoms with Gasteiger partial charge in [-0.15, -0.1) is 11.3 Å². The van der Waals surface area contributed by atoms with Crippen LogP contribution >= 0.6 is 11.3 Å². The van der Waals surface area contributed by atoms with Gasteiger partial charge in [0.1, 0.15) is 4.88 Å². The number of nitrogens with one attached hydrogen (secondary N) is 1. The van der Waals surface area contributed by atoms with Crippen molar-refractivity contribution in [3.63, 3.8) is 0 Å². The molecule has 2 fully saturated rings. The molecule has 148 valence electrons. The predicted octanol–water partition coefficient (Wildman–Crippen LogP) is 4.09. The van der Waals surface area contributed by atoms with Gasteiger partial charge in [0, 0.05) is 11.4 Å². The Labute approximate surface area is 169 Å². The lowest BCUT2D eigenvalue weighted by Gasteiger charge is -2.41. The zero-order chi connectivity index (χ0) is 19.5. The van der Waals surface area contributed by atoms with Gasteiger partial charge in [-0.1, -0.05) is 49.6 Å². The van der Waals surface area contributed by atoms with Gasteiger partial charge in [0.2, 0.25) is 5.91 Å². The van der Waals surface area contributed by atoms with Gasteiger partial charge >= 0.3 is 5.97 Å². The van der Waals surface area contributed by atoms with Crippen LogP contribution in [0.5, 0.6) is 0 Å². The van der Waals surface area contributed by atoms with Crippen molar-refractivity contribution in [3.8, 4) is 10.4 Å². The lowest BCUT2D eigenvalue weighted by Crippen LogP contribution is -2.58. The van der Waals surface area contributed by atoms with Gasteiger partial charge in [-0.3, -0.25) is 4.79 Å². The Hall–Kier alpha value is -2.18. The third-order valence-corrected chi connectivity index (χ3v) is 6.98. The highest BCUT2D eigenvalue weighted by Gasteiger charge is 2.38. The number of ether oxygens (including phenoxy) is 1. The van der Waals surface area contributed by atoms with Crippen molar-refractivity contribution in [2.24, 2.45) is 5.92 Å². The molecule has 5 nitrogen and oxygen atoms in total. The molecule has 2 aliphatic rings. The SMILES string of the molecule is COC(=O)c1sc(-c2ccccc2)cc1N1C(=O)CNCC1C1CCCCC1. The molecule has 1 aliphatic heterocycles. The predicted molar refractivity (Wildman–Crippen MR) is 112 cm³/mol. The van der Waals surface area contributed by atoms with Gasteiger partial charge in [0.05, 0.1) is 25.4 Å². The number of anilines is 1. The summed E-state index contributed by atoms with van der Waals surface area (Å²) in [5, 5.41) is 3.28. The molecule has 1 N–H and O–H groups in total. The minimum atomic E-state index is -0.379. The first-order valence-electron chi connectivity index (χ1n) is 9.99. The molecule has 4 rings (SSSR count). The minimum Gasteiger partial charge on any atom is -0.465 e. The standard InChI is InChI=1S/C22H26N2O3S/c1-27-22(26)21-17(12-19(28-21)16-10-6-3-7-11-16)24-18(13-23-14-20(24)25)15-8-4-2-5-9-15/h3,6-7,10-12,15,18,23H,2,4-5,8-9,13-14H2,1H3. The number of esters is 1. The Bertz CT molecular complexity index is 843. The summed E-state index contributed by atoms with van der Waals surface area (Å²) in [6, 6.07) is 12.1. The van der Waals surface area contributed by atoms with E-state index in [0.29, 0.717) is 23.0 Å². The molecule has 6 heteroatoms. The monoisotopic (exact) mass is 398 g/mol. The fraction of sp³-hybridized carbons (Fsp3) is 0.455. The Morgan fingerprint density at radius 2 is 1.93 bits per heavy atom. The molecule has 0 spiro atoms. The van der Waals surface area contributed by atoms with Gasteiger partial charge < -0.3 is 15.0 Å². The maximum absolute atomic E-state index is 13.0. The van der Waals surface area contributed by atoms with Crippen LogP contribution in [-0.2, 0) is 9.53 Å². The molecule has 1 saturated carbocycles. The summed E-state index contributed by atoms with van der Waals surface area (Å²) in [5.74, 6) is 0.122. The Morgan fingerprint density at radius 3 is 2.64 bits per heavy atom. The molecule has 1 unspecified atom stereocenters. The number of carbonyl (C=O) groups is 2. The second kappa shape index (κ2) is 8.45. The second-order valence-corrected chi connectivity index (χ2v) is 8.59. The third kappa shape index (κ3) is 3.71. The first kappa shape index (κ1) is 19.2. The first-order valence-corrected chi connectivity index (χ1v) is 10.8. The number of methoxy groups -OCH3 is 1. The highest BCUT2D eigenvalue weighted by atomic mass is 32.1. The van der Waals surface area contributed by atoms with Gasteiger partial charge in [-0.05, 0) is 30.4 Å². The molecule has 1 amide bonds. The molecule has 28 heavy (non-hydrogen) atoms. The fourth-order valence-corrected chi connectivity index (χ4v) is 5.51. The molecule has 2 heterocycles. The van der Waals surface area contributed by atoms with Crippen molar-refractivity contribution in [3.05, 3.63) is 41.3 Å². The molecule has 0 bridgehead atoms. The van der Waals surface area contributed by atoms with Crippen LogP contribution in [0.4, 0.5) is 5.69 Å². The van der Waals surface area contributed by atoms with Crippen LogP contribution in [0.3, 0.4) is 0 Å². The first-order chi connectivity index (χ1) is 13.7. The van der Waals surface area contributed by atoms with E-state index in [2.05, 4.69) is 5.32 Å². The topological polar surface area (TPSA) is 58.6 Å². The fourth-order valence-electron chi connectivity index (χ4n) is 4.44. The number of nitrogens with zero attached hydrogens (tertiary/aromatic N) is 1. The smallest absolute Gasteiger partial charge is 0.350 e. The maximum atomic E-state index is 13.0. The Balaban J connectivity index is 1.76. The van der Waals surface area contributed by atoms with E-state index < -0.39 is 0 Å². The Morgan fingerprint density at radius 1 is 1.18 bits per heavy atom. The molecule has 1 atom stereocenters. The van der Waals surface area contributed by atoms with Crippen LogP contribution in [0.2, 0.25) is 0 Å². The average Bonchev–Trinajstić information content (AvgIpc) is 3.19. The largest absolute Gasteiger partial charge is 0.465 e. The van der Waals surface area contributed by atoms with Gasteiger partial charge in [0.15, 0.2) is 0 Å². The van der Waals surface area contributed by atoms with Crippen LogP contribution in [0, 0.1) is 5.92 Å². The van der Waals surface area contributed by atoms with E-state index in [1.54, 1.807) is 0 Å². The summed E-state index contributed by atoms with van der Waals surface area (Å²) in [6.45, 7) is 1.08. The number of rotatable bonds is 4. The average molecular weight is 399 g/mol. The highest BCUT2D eigenvalue weighted by molar-refractivity contribution is 7.18. The molecular formula is C22H26N2O3S. The number of hydrogen-bond acceptors (Lipinski definition) is 5. The van der Waals surface area contributed by atoms with Crippen molar-refractivity contribution in [1.29, 1.82) is 0 Å². The third-order valence-electron chi connectivity index (χ3n) is 5.83. The van der Waals surface area contributed by atoms with Crippen molar-refractivity contribution >= 4 is 28.9 Å². The molecule has 1 aliphatic carbocycles. The molecule has 1 saturated heterocycles. The van der Waals surface area contributed by atoms with Gasteiger partial charge in [-0.25, -0.2) is 4.79 Å². The normalized spacial score (nSPS) is 21.0.